The Bertz CT molecular complexity index is 1720. The lowest BCUT2D eigenvalue weighted by molar-refractivity contribution is 0.561. The van der Waals surface area contributed by atoms with E-state index in [-0.39, 0.29) is 6.54 Å². The zero-order valence-corrected chi connectivity index (χ0v) is 22.5. The Hall–Kier alpha value is -3.67. The highest BCUT2D eigenvalue weighted by atomic mass is 79.9. The second-order valence-electron chi connectivity index (χ2n) is 8.67. The van der Waals surface area contributed by atoms with Gasteiger partial charge in [0.1, 0.15) is 17.5 Å². The van der Waals surface area contributed by atoms with E-state index in [1.54, 1.807) is 22.8 Å². The molecule has 0 fully saturated rings. The number of nitrogens with zero attached hydrogens (tertiary/aromatic N) is 3. The first-order valence-corrected chi connectivity index (χ1v) is 13.8. The number of hydrogen-bond donors (Lipinski definition) is 2. The van der Waals surface area contributed by atoms with Crippen LogP contribution >= 0.6 is 15.9 Å². The van der Waals surface area contributed by atoms with Gasteiger partial charge in [0.15, 0.2) is 5.65 Å². The number of halogens is 3. The van der Waals surface area contributed by atoms with Gasteiger partial charge in [0.05, 0.1) is 21.3 Å². The van der Waals surface area contributed by atoms with E-state index in [0.717, 1.165) is 44.8 Å². The van der Waals surface area contributed by atoms with Gasteiger partial charge in [-0.2, -0.15) is 9.61 Å². The van der Waals surface area contributed by atoms with Crippen LogP contribution in [0.25, 0.3) is 16.9 Å². The number of anilines is 1. The van der Waals surface area contributed by atoms with Crippen LogP contribution in [0.15, 0.2) is 88.4 Å². The van der Waals surface area contributed by atoms with Crippen molar-refractivity contribution in [2.75, 3.05) is 5.32 Å². The fraction of sp³-hybridized carbons (Fsp3) is 0.111. The molecule has 11 heteroatoms. The highest BCUT2D eigenvalue weighted by Crippen LogP contribution is 2.28. The third-order valence-electron chi connectivity index (χ3n) is 5.96. The predicted molar refractivity (Wildman–Crippen MR) is 145 cm³/mol. The SMILES string of the molecule is Cc1ccccc1-c1cc(NCc2ccc(CNS(=O)(=O)c3cc(F)cc(F)c3)cc2)n2ncc(Br)c2n1. The molecule has 2 aromatic heterocycles. The molecule has 2 N–H and O–H groups in total. The molecule has 38 heavy (non-hydrogen) atoms. The van der Waals surface area contributed by atoms with Gasteiger partial charge in [-0.15, -0.1) is 0 Å². The van der Waals surface area contributed by atoms with Crippen LogP contribution in [0.3, 0.4) is 0 Å². The summed E-state index contributed by atoms with van der Waals surface area (Å²) in [6.07, 6.45) is 1.70. The molecule has 0 bridgehead atoms. The molecule has 0 saturated heterocycles. The topological polar surface area (TPSA) is 88.4 Å². The normalized spacial score (nSPS) is 11.7. The third kappa shape index (κ3) is 5.59. The van der Waals surface area contributed by atoms with Gasteiger partial charge in [-0.05, 0) is 51.7 Å². The van der Waals surface area contributed by atoms with Crippen molar-refractivity contribution in [1.82, 2.24) is 19.3 Å². The first-order valence-electron chi connectivity index (χ1n) is 11.6. The third-order valence-corrected chi connectivity index (χ3v) is 7.90. The summed E-state index contributed by atoms with van der Waals surface area (Å²) in [6, 6.07) is 19.5. The molecular formula is C27H22BrF2N5O2S. The minimum absolute atomic E-state index is 0.0275. The second kappa shape index (κ2) is 10.6. The van der Waals surface area contributed by atoms with Gasteiger partial charge in [0, 0.05) is 30.8 Å². The lowest BCUT2D eigenvalue weighted by Crippen LogP contribution is -2.23. The molecule has 2 heterocycles. The number of nitrogens with one attached hydrogen (secondary N) is 2. The summed E-state index contributed by atoms with van der Waals surface area (Å²) in [5.74, 6) is -1.15. The molecule has 0 atom stereocenters. The summed E-state index contributed by atoms with van der Waals surface area (Å²) >= 11 is 3.52. The number of aryl methyl sites for hydroxylation is 1. The van der Waals surface area contributed by atoms with E-state index >= 15 is 0 Å². The van der Waals surface area contributed by atoms with Gasteiger partial charge in [0.25, 0.3) is 0 Å². The monoisotopic (exact) mass is 597 g/mol. The van der Waals surface area contributed by atoms with Gasteiger partial charge in [-0.25, -0.2) is 26.9 Å². The molecule has 7 nitrogen and oxygen atoms in total. The zero-order chi connectivity index (χ0) is 26.9. The van der Waals surface area contributed by atoms with Crippen LogP contribution in [0.2, 0.25) is 0 Å². The van der Waals surface area contributed by atoms with Crippen molar-refractivity contribution in [2.45, 2.75) is 24.9 Å². The maximum atomic E-state index is 13.4. The molecule has 0 aliphatic heterocycles. The Morgan fingerprint density at radius 3 is 2.26 bits per heavy atom. The summed E-state index contributed by atoms with van der Waals surface area (Å²) in [5, 5.41) is 7.83. The number of aromatic nitrogens is 3. The summed E-state index contributed by atoms with van der Waals surface area (Å²) in [7, 11) is -4.07. The predicted octanol–water partition coefficient (Wildman–Crippen LogP) is 5.84. The number of rotatable bonds is 8. The Balaban J connectivity index is 1.30. The Morgan fingerprint density at radius 2 is 1.58 bits per heavy atom. The Kier molecular flexibility index (Phi) is 7.24. The Morgan fingerprint density at radius 1 is 0.921 bits per heavy atom. The van der Waals surface area contributed by atoms with Crippen LogP contribution in [0.1, 0.15) is 16.7 Å². The number of fused-ring (bicyclic) bond motifs is 1. The highest BCUT2D eigenvalue weighted by Gasteiger charge is 2.16. The zero-order valence-electron chi connectivity index (χ0n) is 20.1. The molecular weight excluding hydrogens is 576 g/mol. The maximum Gasteiger partial charge on any atom is 0.241 e. The lowest BCUT2D eigenvalue weighted by atomic mass is 10.1. The molecule has 0 aliphatic rings. The van der Waals surface area contributed by atoms with Crippen LogP contribution in [-0.2, 0) is 23.1 Å². The molecule has 0 unspecified atom stereocenters. The van der Waals surface area contributed by atoms with Crippen LogP contribution in [0.4, 0.5) is 14.6 Å². The first kappa shape index (κ1) is 26.0. The summed E-state index contributed by atoms with van der Waals surface area (Å²) in [6.45, 7) is 2.50. The second-order valence-corrected chi connectivity index (χ2v) is 11.3. The van der Waals surface area contributed by atoms with E-state index in [9.17, 15) is 17.2 Å². The van der Waals surface area contributed by atoms with E-state index in [2.05, 4.69) is 31.1 Å². The quantitative estimate of drug-likeness (QED) is 0.235. The van der Waals surface area contributed by atoms with Crippen molar-refractivity contribution in [3.63, 3.8) is 0 Å². The highest BCUT2D eigenvalue weighted by molar-refractivity contribution is 9.10. The van der Waals surface area contributed by atoms with Crippen molar-refractivity contribution in [1.29, 1.82) is 0 Å². The molecule has 194 valence electrons. The molecule has 5 aromatic rings. The van der Waals surface area contributed by atoms with Gasteiger partial charge in [0.2, 0.25) is 10.0 Å². The van der Waals surface area contributed by atoms with E-state index in [1.807, 2.05) is 49.4 Å². The number of benzene rings is 3. The molecule has 0 aliphatic carbocycles. The van der Waals surface area contributed by atoms with Crippen molar-refractivity contribution in [3.8, 4) is 11.3 Å². The fourth-order valence-electron chi connectivity index (χ4n) is 3.97. The molecule has 3 aromatic carbocycles. The average molecular weight is 598 g/mol. The van der Waals surface area contributed by atoms with Gasteiger partial charge in [-0.1, -0.05) is 48.5 Å². The van der Waals surface area contributed by atoms with Crippen molar-refractivity contribution in [3.05, 3.63) is 112 Å². The minimum atomic E-state index is -4.07. The maximum absolute atomic E-state index is 13.4. The largest absolute Gasteiger partial charge is 0.366 e. The van der Waals surface area contributed by atoms with Crippen molar-refractivity contribution >= 4 is 37.4 Å². The first-order chi connectivity index (χ1) is 18.2. The number of sulfonamides is 1. The average Bonchev–Trinajstić information content (AvgIpc) is 3.27. The van der Waals surface area contributed by atoms with Crippen molar-refractivity contribution in [2.24, 2.45) is 0 Å². The van der Waals surface area contributed by atoms with Crippen LogP contribution in [-0.4, -0.2) is 23.0 Å². The molecule has 5 rings (SSSR count). The van der Waals surface area contributed by atoms with E-state index < -0.39 is 26.6 Å². The van der Waals surface area contributed by atoms with Crippen LogP contribution in [0.5, 0.6) is 0 Å². The number of hydrogen-bond acceptors (Lipinski definition) is 5. The van der Waals surface area contributed by atoms with Gasteiger partial charge in [-0.3, -0.25) is 0 Å². The standard InChI is InChI=1S/C27H22BrF2N5O2S/c1-17-4-2-3-5-23(17)25-13-26(35-27(34-25)24(28)16-32-35)31-14-18-6-8-19(9-7-18)15-33-38(36,37)22-11-20(29)10-21(30)12-22/h2-13,16,31,33H,14-15H2,1H3. The van der Waals surface area contributed by atoms with Crippen LogP contribution in [0, 0.1) is 18.6 Å². The smallest absolute Gasteiger partial charge is 0.241 e. The minimum Gasteiger partial charge on any atom is -0.366 e. The fourth-order valence-corrected chi connectivity index (χ4v) is 5.38. The van der Waals surface area contributed by atoms with Crippen molar-refractivity contribution < 1.29 is 17.2 Å². The van der Waals surface area contributed by atoms with E-state index in [1.165, 1.54) is 0 Å². The van der Waals surface area contributed by atoms with Gasteiger partial charge < -0.3 is 5.32 Å². The lowest BCUT2D eigenvalue weighted by Gasteiger charge is -2.12. The van der Waals surface area contributed by atoms with E-state index in [0.29, 0.717) is 23.8 Å². The van der Waals surface area contributed by atoms with Gasteiger partial charge >= 0.3 is 0 Å². The summed E-state index contributed by atoms with van der Waals surface area (Å²) in [5.41, 5.74) is 5.29. The summed E-state index contributed by atoms with van der Waals surface area (Å²) < 4.78 is 56.6. The van der Waals surface area contributed by atoms with Crippen LogP contribution < -0.4 is 10.0 Å². The molecule has 0 amide bonds. The molecule has 0 saturated carbocycles. The molecule has 0 radical (unpaired) electrons. The molecule has 0 spiro atoms. The Labute approximate surface area is 226 Å². The van der Waals surface area contributed by atoms with E-state index in [4.69, 9.17) is 4.98 Å². The summed E-state index contributed by atoms with van der Waals surface area (Å²) in [4.78, 5) is 4.32.